The van der Waals surface area contributed by atoms with Crippen molar-refractivity contribution in [2.24, 2.45) is 5.41 Å². The number of amides is 1. The number of aromatic nitrogens is 2. The number of halogens is 2. The number of carbonyl (C=O) groups is 1. The lowest BCUT2D eigenvalue weighted by Gasteiger charge is -2.47. The Labute approximate surface area is 280 Å². The molecule has 6 rings (SSSR count). The van der Waals surface area contributed by atoms with Gasteiger partial charge in [0.1, 0.15) is 11.6 Å². The zero-order valence-electron chi connectivity index (χ0n) is 27.2. The summed E-state index contributed by atoms with van der Waals surface area (Å²) < 4.78 is 26.7. The van der Waals surface area contributed by atoms with Gasteiger partial charge in [0.05, 0.1) is 48.5 Å². The first kappa shape index (κ1) is 32.9. The lowest BCUT2D eigenvalue weighted by molar-refractivity contribution is -0.128. The van der Waals surface area contributed by atoms with E-state index in [0.29, 0.717) is 57.1 Å². The topological polar surface area (TPSA) is 98.1 Å². The molecule has 0 spiro atoms. The summed E-state index contributed by atoms with van der Waals surface area (Å²) in [5.41, 5.74) is 2.60. The molecule has 0 N–H and O–H groups in total. The predicted molar refractivity (Wildman–Crippen MR) is 180 cm³/mol. The van der Waals surface area contributed by atoms with E-state index >= 15 is 0 Å². The zero-order valence-corrected chi connectivity index (χ0v) is 28.0. The Morgan fingerprint density at radius 1 is 1.21 bits per heavy atom. The molecule has 3 heterocycles. The van der Waals surface area contributed by atoms with E-state index < -0.39 is 5.82 Å². The molecule has 47 heavy (non-hydrogen) atoms. The standard InChI is InChI=1S/C35H41ClFN7O3/c1-5-30(45)44-16-15-43(19-24(44)11-13-38)33-26-12-14-42(29-8-6-7-23-9-10-27(37)32(36)31(23)29)20-28(26)39-34(40-33)47-22-35(21-41(2)3)17-25(18-35)46-4/h5-10,24-25H,1,11-12,14-22H2,2-4H3. The molecule has 0 radical (unpaired) electrons. The van der Waals surface area contributed by atoms with Crippen LogP contribution in [-0.4, -0.2) is 98.4 Å². The summed E-state index contributed by atoms with van der Waals surface area (Å²) >= 11 is 6.52. The average Bonchev–Trinajstić information content (AvgIpc) is 3.06. The number of nitriles is 1. The highest BCUT2D eigenvalue weighted by Crippen LogP contribution is 2.44. The van der Waals surface area contributed by atoms with E-state index in [9.17, 15) is 14.4 Å². The summed E-state index contributed by atoms with van der Waals surface area (Å²) in [7, 11) is 5.86. The molecule has 10 nitrogen and oxygen atoms in total. The number of carbonyl (C=O) groups excluding carboxylic acids is 1. The Hall–Kier alpha value is -3.98. The van der Waals surface area contributed by atoms with Gasteiger partial charge in [-0.3, -0.25) is 4.79 Å². The summed E-state index contributed by atoms with van der Waals surface area (Å²) in [6.07, 6.45) is 4.13. The third-order valence-electron chi connectivity index (χ3n) is 9.66. The van der Waals surface area contributed by atoms with E-state index in [0.717, 1.165) is 47.5 Å². The number of fused-ring (bicyclic) bond motifs is 2. The van der Waals surface area contributed by atoms with Crippen molar-refractivity contribution in [1.82, 2.24) is 19.8 Å². The maximum Gasteiger partial charge on any atom is 0.318 e. The van der Waals surface area contributed by atoms with Crippen LogP contribution in [-0.2, 0) is 22.5 Å². The van der Waals surface area contributed by atoms with Crippen LogP contribution in [0.4, 0.5) is 15.9 Å². The van der Waals surface area contributed by atoms with E-state index in [1.165, 1.54) is 12.1 Å². The summed E-state index contributed by atoms with van der Waals surface area (Å²) in [5, 5.41) is 11.2. The molecule has 3 aliphatic rings. The van der Waals surface area contributed by atoms with E-state index in [1.807, 2.05) is 18.2 Å². The fraction of sp³-hybridized carbons (Fsp3) is 0.486. The van der Waals surface area contributed by atoms with Crippen molar-refractivity contribution in [2.75, 3.05) is 70.3 Å². The number of methoxy groups -OCH3 is 1. The first-order valence-corrected chi connectivity index (χ1v) is 16.4. The fourth-order valence-corrected chi connectivity index (χ4v) is 7.73. The molecule has 1 aromatic heterocycles. The van der Waals surface area contributed by atoms with Crippen molar-refractivity contribution in [3.63, 3.8) is 0 Å². The smallest absolute Gasteiger partial charge is 0.318 e. The molecule has 3 aromatic rings. The van der Waals surface area contributed by atoms with Crippen LogP contribution < -0.4 is 14.5 Å². The predicted octanol–water partition coefficient (Wildman–Crippen LogP) is 4.84. The molecule has 12 heteroatoms. The van der Waals surface area contributed by atoms with E-state index in [-0.39, 0.29) is 34.9 Å². The van der Waals surface area contributed by atoms with E-state index in [4.69, 9.17) is 31.0 Å². The van der Waals surface area contributed by atoms with Crippen LogP contribution in [0.15, 0.2) is 43.0 Å². The zero-order chi connectivity index (χ0) is 33.3. The highest BCUT2D eigenvalue weighted by molar-refractivity contribution is 6.36. The molecule has 2 aromatic carbocycles. The second-order valence-electron chi connectivity index (χ2n) is 13.2. The van der Waals surface area contributed by atoms with Gasteiger partial charge in [0, 0.05) is 61.9 Å². The van der Waals surface area contributed by atoms with Gasteiger partial charge in [0.15, 0.2) is 0 Å². The van der Waals surface area contributed by atoms with Crippen molar-refractivity contribution in [3.8, 4) is 12.1 Å². The Kier molecular flexibility index (Phi) is 9.55. The maximum atomic E-state index is 14.6. The SMILES string of the molecule is C=CC(=O)N1CCN(c2nc(OCC3(CN(C)C)CC(OC)C3)nc3c2CCN(c2cccc4ccc(F)c(Cl)c24)C3)CC1CC#N. The van der Waals surface area contributed by atoms with Crippen molar-refractivity contribution in [3.05, 3.63) is 65.1 Å². The van der Waals surface area contributed by atoms with Crippen LogP contribution in [0, 0.1) is 22.6 Å². The highest BCUT2D eigenvalue weighted by Gasteiger charge is 2.46. The van der Waals surface area contributed by atoms with Crippen LogP contribution >= 0.6 is 11.6 Å². The number of piperazine rings is 1. The first-order valence-electron chi connectivity index (χ1n) is 16.0. The average molecular weight is 662 g/mol. The summed E-state index contributed by atoms with van der Waals surface area (Å²) in [6, 6.07) is 11.2. The largest absolute Gasteiger partial charge is 0.463 e. The van der Waals surface area contributed by atoms with Gasteiger partial charge >= 0.3 is 6.01 Å². The van der Waals surface area contributed by atoms with Gasteiger partial charge in [-0.05, 0) is 57.0 Å². The summed E-state index contributed by atoms with van der Waals surface area (Å²) in [4.78, 5) is 30.8. The van der Waals surface area contributed by atoms with Crippen molar-refractivity contribution < 1.29 is 18.7 Å². The molecule has 1 aliphatic carbocycles. The fourth-order valence-electron chi connectivity index (χ4n) is 7.46. The lowest BCUT2D eigenvalue weighted by Crippen LogP contribution is -2.55. The number of benzene rings is 2. The van der Waals surface area contributed by atoms with Crippen LogP contribution in [0.1, 0.15) is 30.5 Å². The van der Waals surface area contributed by atoms with Gasteiger partial charge in [-0.1, -0.05) is 36.4 Å². The second kappa shape index (κ2) is 13.6. The van der Waals surface area contributed by atoms with Gasteiger partial charge in [0.2, 0.25) is 5.91 Å². The third-order valence-corrected chi connectivity index (χ3v) is 10.0. The molecule has 1 saturated heterocycles. The molecular formula is C35H41ClFN7O3. The number of rotatable bonds is 10. The summed E-state index contributed by atoms with van der Waals surface area (Å²) in [6.45, 7) is 7.51. The number of ether oxygens (including phenoxy) is 2. The normalized spacial score (nSPS) is 22.5. The minimum atomic E-state index is -0.455. The molecule has 1 unspecified atom stereocenters. The number of hydrogen-bond donors (Lipinski definition) is 0. The third kappa shape index (κ3) is 6.59. The molecule has 1 amide bonds. The summed E-state index contributed by atoms with van der Waals surface area (Å²) in [5.74, 6) is 0.134. The maximum absolute atomic E-state index is 14.6. The van der Waals surface area contributed by atoms with E-state index in [2.05, 4.69) is 41.4 Å². The Morgan fingerprint density at radius 2 is 2.02 bits per heavy atom. The number of hydrogen-bond acceptors (Lipinski definition) is 9. The molecule has 2 aliphatic heterocycles. The second-order valence-corrected chi connectivity index (χ2v) is 13.5. The van der Waals surface area contributed by atoms with Crippen molar-refractivity contribution in [1.29, 1.82) is 5.26 Å². The molecule has 1 atom stereocenters. The monoisotopic (exact) mass is 661 g/mol. The van der Waals surface area contributed by atoms with Gasteiger partial charge in [-0.2, -0.15) is 15.2 Å². The number of anilines is 2. The Bertz CT molecular complexity index is 1710. The van der Waals surface area contributed by atoms with Crippen LogP contribution in [0.5, 0.6) is 6.01 Å². The van der Waals surface area contributed by atoms with Crippen molar-refractivity contribution >= 4 is 39.8 Å². The van der Waals surface area contributed by atoms with Crippen LogP contribution in [0.2, 0.25) is 5.02 Å². The quantitative estimate of drug-likeness (QED) is 0.283. The Morgan fingerprint density at radius 3 is 2.74 bits per heavy atom. The van der Waals surface area contributed by atoms with E-state index in [1.54, 1.807) is 18.1 Å². The highest BCUT2D eigenvalue weighted by atomic mass is 35.5. The van der Waals surface area contributed by atoms with Gasteiger partial charge in [-0.15, -0.1) is 0 Å². The van der Waals surface area contributed by atoms with Crippen LogP contribution in [0.25, 0.3) is 10.8 Å². The minimum absolute atomic E-state index is 0.0754. The minimum Gasteiger partial charge on any atom is -0.463 e. The van der Waals surface area contributed by atoms with Gasteiger partial charge in [-0.25, -0.2) is 4.39 Å². The molecule has 0 bridgehead atoms. The van der Waals surface area contributed by atoms with Crippen LogP contribution in [0.3, 0.4) is 0 Å². The molecule has 1 saturated carbocycles. The number of nitrogens with zero attached hydrogens (tertiary/aromatic N) is 7. The van der Waals surface area contributed by atoms with Crippen molar-refractivity contribution in [2.45, 2.75) is 44.4 Å². The molecule has 248 valence electrons. The first-order chi connectivity index (χ1) is 22.6. The molecule has 2 fully saturated rings. The lowest BCUT2D eigenvalue weighted by atomic mass is 9.67. The Balaban J connectivity index is 1.35. The molecular weight excluding hydrogens is 621 g/mol. The van der Waals surface area contributed by atoms with Gasteiger partial charge in [0.25, 0.3) is 0 Å². The van der Waals surface area contributed by atoms with Gasteiger partial charge < -0.3 is 29.1 Å².